The summed E-state index contributed by atoms with van der Waals surface area (Å²) in [6.45, 7) is 1.46. The zero-order valence-corrected chi connectivity index (χ0v) is 13.2. The largest absolute Gasteiger partial charge is 0.463 e. The zero-order valence-electron chi connectivity index (χ0n) is 12.4. The topological polar surface area (TPSA) is 41.6 Å². The van der Waals surface area contributed by atoms with Crippen LogP contribution in [0.1, 0.15) is 17.4 Å². The molecule has 0 radical (unpaired) electrons. The van der Waals surface area contributed by atoms with Gasteiger partial charge in [0.2, 0.25) is 0 Å². The second-order valence-electron chi connectivity index (χ2n) is 5.19. The Balaban J connectivity index is 1.80. The summed E-state index contributed by atoms with van der Waals surface area (Å²) < 4.78 is 5.49. The minimum atomic E-state index is 0.233. The number of benzene rings is 1. The first-order valence-corrected chi connectivity index (χ1v) is 7.46. The summed E-state index contributed by atoms with van der Waals surface area (Å²) in [5.41, 5.74) is 1.21. The molecule has 3 N–H and O–H groups in total. The number of hydrogen-bond donors (Lipinski definition) is 3. The molecule has 0 aliphatic carbocycles. The van der Waals surface area contributed by atoms with E-state index in [1.807, 2.05) is 30.3 Å². The maximum absolute atomic E-state index is 5.49. The SMILES string of the molecule is C[NH+](C)[C@H](CNC(=S)NCc1ccccc1)c1ccco1. The van der Waals surface area contributed by atoms with Crippen LogP contribution in [0.5, 0.6) is 0 Å². The normalized spacial score (nSPS) is 12.1. The number of hydrogen-bond acceptors (Lipinski definition) is 2. The Kier molecular flexibility index (Phi) is 5.78. The first kappa shape index (κ1) is 15.5. The molecule has 0 aliphatic rings. The summed E-state index contributed by atoms with van der Waals surface area (Å²) in [5.74, 6) is 0.966. The molecule has 1 aromatic heterocycles. The molecule has 0 spiro atoms. The molecule has 0 aliphatic heterocycles. The van der Waals surface area contributed by atoms with Gasteiger partial charge in [0.1, 0.15) is 0 Å². The monoisotopic (exact) mass is 304 g/mol. The van der Waals surface area contributed by atoms with E-state index >= 15 is 0 Å². The van der Waals surface area contributed by atoms with Gasteiger partial charge in [-0.05, 0) is 29.9 Å². The van der Waals surface area contributed by atoms with Crippen LogP contribution in [0.25, 0.3) is 0 Å². The Labute approximate surface area is 131 Å². The van der Waals surface area contributed by atoms with Crippen molar-refractivity contribution in [3.8, 4) is 0 Å². The van der Waals surface area contributed by atoms with Crippen molar-refractivity contribution in [1.82, 2.24) is 10.6 Å². The van der Waals surface area contributed by atoms with Crippen LogP contribution in [0, 0.1) is 0 Å². The number of thiocarbonyl (C=S) groups is 1. The maximum Gasteiger partial charge on any atom is 0.166 e. The van der Waals surface area contributed by atoms with Crippen molar-refractivity contribution >= 4 is 17.3 Å². The molecule has 0 unspecified atom stereocenters. The molecular formula is C16H22N3OS+. The van der Waals surface area contributed by atoms with Gasteiger partial charge in [-0.25, -0.2) is 0 Å². The van der Waals surface area contributed by atoms with E-state index in [-0.39, 0.29) is 6.04 Å². The predicted molar refractivity (Wildman–Crippen MR) is 88.1 cm³/mol. The van der Waals surface area contributed by atoms with E-state index in [0.717, 1.165) is 18.8 Å². The minimum absolute atomic E-state index is 0.233. The number of rotatable bonds is 6. The van der Waals surface area contributed by atoms with Crippen LogP contribution in [0.4, 0.5) is 0 Å². The predicted octanol–water partition coefficient (Wildman–Crippen LogP) is 1.13. The number of furan rings is 1. The highest BCUT2D eigenvalue weighted by Crippen LogP contribution is 2.08. The molecule has 0 fully saturated rings. The fourth-order valence-corrected chi connectivity index (χ4v) is 2.27. The molecule has 2 aromatic rings. The third-order valence-electron chi connectivity index (χ3n) is 3.35. The van der Waals surface area contributed by atoms with Gasteiger partial charge >= 0.3 is 0 Å². The van der Waals surface area contributed by atoms with Gasteiger partial charge in [-0.2, -0.15) is 0 Å². The van der Waals surface area contributed by atoms with E-state index in [9.17, 15) is 0 Å². The fraction of sp³-hybridized carbons (Fsp3) is 0.312. The van der Waals surface area contributed by atoms with E-state index in [2.05, 4.69) is 36.9 Å². The summed E-state index contributed by atoms with van der Waals surface area (Å²) in [7, 11) is 4.21. The van der Waals surface area contributed by atoms with E-state index in [4.69, 9.17) is 16.6 Å². The average molecular weight is 304 g/mol. The molecule has 0 bridgehead atoms. The molecule has 0 saturated carbocycles. The Morgan fingerprint density at radius 3 is 2.52 bits per heavy atom. The molecule has 0 saturated heterocycles. The van der Waals surface area contributed by atoms with Crippen LogP contribution >= 0.6 is 12.2 Å². The highest BCUT2D eigenvalue weighted by Gasteiger charge is 2.20. The Morgan fingerprint density at radius 1 is 1.14 bits per heavy atom. The quantitative estimate of drug-likeness (QED) is 0.700. The summed E-state index contributed by atoms with van der Waals surface area (Å²) in [6, 6.07) is 14.4. The molecular weight excluding hydrogens is 282 g/mol. The third-order valence-corrected chi connectivity index (χ3v) is 3.63. The van der Waals surface area contributed by atoms with Gasteiger partial charge in [0.15, 0.2) is 16.9 Å². The summed E-state index contributed by atoms with van der Waals surface area (Å²) >= 11 is 5.33. The molecule has 1 heterocycles. The Morgan fingerprint density at radius 2 is 1.90 bits per heavy atom. The highest BCUT2D eigenvalue weighted by atomic mass is 32.1. The summed E-state index contributed by atoms with van der Waals surface area (Å²) in [4.78, 5) is 1.29. The standard InChI is InChI=1S/C16H21N3OS/c1-19(2)14(15-9-6-10-20-15)12-18-16(21)17-11-13-7-4-3-5-8-13/h3-10,14H,11-12H2,1-2H3,(H2,17,18,21)/p+1/t14-/m1/s1. The van der Waals surface area contributed by atoms with Crippen molar-refractivity contribution in [2.45, 2.75) is 12.6 Å². The maximum atomic E-state index is 5.49. The minimum Gasteiger partial charge on any atom is -0.463 e. The van der Waals surface area contributed by atoms with E-state index in [1.165, 1.54) is 10.5 Å². The summed E-state index contributed by atoms with van der Waals surface area (Å²) in [6.07, 6.45) is 1.71. The second-order valence-corrected chi connectivity index (χ2v) is 5.60. The summed E-state index contributed by atoms with van der Waals surface area (Å²) in [5, 5.41) is 7.14. The van der Waals surface area contributed by atoms with Crippen LogP contribution in [0.3, 0.4) is 0 Å². The van der Waals surface area contributed by atoms with E-state index in [0.29, 0.717) is 5.11 Å². The second kappa shape index (κ2) is 7.81. The lowest BCUT2D eigenvalue weighted by molar-refractivity contribution is -0.891. The molecule has 0 amide bonds. The molecule has 1 atom stereocenters. The van der Waals surface area contributed by atoms with Crippen molar-refractivity contribution in [2.24, 2.45) is 0 Å². The molecule has 5 heteroatoms. The fourth-order valence-electron chi connectivity index (χ4n) is 2.11. The van der Waals surface area contributed by atoms with Gasteiger partial charge in [-0.15, -0.1) is 0 Å². The lowest BCUT2D eigenvalue weighted by Gasteiger charge is -2.20. The zero-order chi connectivity index (χ0) is 15.1. The van der Waals surface area contributed by atoms with Crippen molar-refractivity contribution in [3.05, 3.63) is 60.1 Å². The Hall–Kier alpha value is -1.85. The van der Waals surface area contributed by atoms with Gasteiger partial charge in [-0.1, -0.05) is 30.3 Å². The molecule has 112 valence electrons. The number of likely N-dealkylation sites (N-methyl/N-ethyl adjacent to an activating group) is 1. The lowest BCUT2D eigenvalue weighted by atomic mass is 10.2. The van der Waals surface area contributed by atoms with E-state index < -0.39 is 0 Å². The van der Waals surface area contributed by atoms with Crippen molar-refractivity contribution in [1.29, 1.82) is 0 Å². The first-order chi connectivity index (χ1) is 10.2. The molecule has 2 rings (SSSR count). The van der Waals surface area contributed by atoms with E-state index in [1.54, 1.807) is 6.26 Å². The van der Waals surface area contributed by atoms with Crippen LogP contribution in [0.2, 0.25) is 0 Å². The first-order valence-electron chi connectivity index (χ1n) is 7.06. The van der Waals surface area contributed by atoms with Crippen LogP contribution in [0.15, 0.2) is 53.1 Å². The van der Waals surface area contributed by atoms with Crippen LogP contribution < -0.4 is 15.5 Å². The van der Waals surface area contributed by atoms with Crippen LogP contribution in [-0.4, -0.2) is 25.8 Å². The third kappa shape index (κ3) is 4.88. The van der Waals surface area contributed by atoms with Gasteiger partial charge < -0.3 is 20.0 Å². The van der Waals surface area contributed by atoms with Gasteiger partial charge in [0.05, 0.1) is 26.9 Å². The number of nitrogens with one attached hydrogen (secondary N) is 3. The molecule has 21 heavy (non-hydrogen) atoms. The Bertz CT molecular complexity index is 540. The average Bonchev–Trinajstić information content (AvgIpc) is 3.00. The molecule has 4 nitrogen and oxygen atoms in total. The van der Waals surface area contributed by atoms with Crippen molar-refractivity contribution in [3.63, 3.8) is 0 Å². The molecule has 1 aromatic carbocycles. The highest BCUT2D eigenvalue weighted by molar-refractivity contribution is 7.80. The van der Waals surface area contributed by atoms with Gasteiger partial charge in [0, 0.05) is 6.54 Å². The van der Waals surface area contributed by atoms with Crippen molar-refractivity contribution in [2.75, 3.05) is 20.6 Å². The van der Waals surface area contributed by atoms with Gasteiger partial charge in [0.25, 0.3) is 0 Å². The van der Waals surface area contributed by atoms with Crippen molar-refractivity contribution < 1.29 is 9.32 Å². The lowest BCUT2D eigenvalue weighted by Crippen LogP contribution is -3.07. The van der Waals surface area contributed by atoms with Gasteiger partial charge in [-0.3, -0.25) is 0 Å². The smallest absolute Gasteiger partial charge is 0.166 e. The van der Waals surface area contributed by atoms with Crippen LogP contribution in [-0.2, 0) is 6.54 Å². The number of quaternary nitrogens is 1.